The van der Waals surface area contributed by atoms with Crippen molar-refractivity contribution in [3.63, 3.8) is 0 Å². The molecule has 1 aliphatic heterocycles. The highest BCUT2D eigenvalue weighted by molar-refractivity contribution is 6.03. The number of hydrogen-bond acceptors (Lipinski definition) is 7. The highest BCUT2D eigenvalue weighted by atomic mass is 16.5. The van der Waals surface area contributed by atoms with E-state index in [4.69, 9.17) is 10.5 Å². The first-order chi connectivity index (χ1) is 16.2. The first-order valence-corrected chi connectivity index (χ1v) is 11.5. The summed E-state index contributed by atoms with van der Waals surface area (Å²) >= 11 is 0. The zero-order valence-corrected chi connectivity index (χ0v) is 20.0. The van der Waals surface area contributed by atoms with Crippen LogP contribution in [0.4, 0.5) is 17.3 Å². The normalized spacial score (nSPS) is 20.2. The molecule has 6 N–H and O–H groups in total. The van der Waals surface area contributed by atoms with E-state index in [1.54, 1.807) is 6.20 Å². The zero-order valence-electron chi connectivity index (χ0n) is 20.0. The monoisotopic (exact) mass is 464 g/mol. The van der Waals surface area contributed by atoms with Crippen molar-refractivity contribution in [2.75, 3.05) is 10.6 Å². The van der Waals surface area contributed by atoms with Gasteiger partial charge in [-0.05, 0) is 69.4 Å². The molecule has 3 heterocycles. The molecule has 4 rings (SSSR count). The number of aromatic nitrogens is 3. The van der Waals surface area contributed by atoms with Crippen molar-refractivity contribution in [1.82, 2.24) is 15.2 Å². The number of ether oxygens (including phenoxy) is 1. The van der Waals surface area contributed by atoms with Crippen LogP contribution in [0.1, 0.15) is 65.3 Å². The number of carbonyl (C=O) groups excluding carboxylic acids is 1. The molecule has 0 aliphatic carbocycles. The Kier molecular flexibility index (Phi) is 6.74. The maximum atomic E-state index is 12.2. The van der Waals surface area contributed by atoms with Crippen molar-refractivity contribution in [2.45, 2.75) is 65.2 Å². The summed E-state index contributed by atoms with van der Waals surface area (Å²) in [7, 11) is 0. The molecule has 1 aromatic carbocycles. The predicted molar refractivity (Wildman–Crippen MR) is 132 cm³/mol. The summed E-state index contributed by atoms with van der Waals surface area (Å²) in [5.41, 5.74) is 10.2. The van der Waals surface area contributed by atoms with Crippen molar-refractivity contribution in [1.29, 1.82) is 0 Å². The fraction of sp³-hybridized carbons (Fsp3) is 0.400. The van der Waals surface area contributed by atoms with E-state index in [-0.39, 0.29) is 23.5 Å². The van der Waals surface area contributed by atoms with E-state index < -0.39 is 5.91 Å². The average molecular weight is 465 g/mol. The number of amides is 1. The molecule has 1 saturated heterocycles. The van der Waals surface area contributed by atoms with Crippen LogP contribution in [-0.4, -0.2) is 38.4 Å². The standard InChI is InChI=1S/C25H32N6O3/c1-13-7-17(8-14(2)22(13)32)11-28-24-21(23(26)33)25(31-30-24)29-19-5-6-20(27-12-19)18-9-15(3)34-16(4)10-18/h5-8,12,15-16,18,32H,9-11H2,1-4H3,(H2,26,33)(H3,28,29,30,31). The van der Waals surface area contributed by atoms with Crippen LogP contribution in [0.3, 0.4) is 0 Å². The number of hydrogen-bond donors (Lipinski definition) is 5. The van der Waals surface area contributed by atoms with Crippen molar-refractivity contribution < 1.29 is 14.6 Å². The number of aromatic hydroxyl groups is 1. The third-order valence-electron chi connectivity index (χ3n) is 6.20. The molecule has 2 aromatic heterocycles. The van der Waals surface area contributed by atoms with Gasteiger partial charge in [0.2, 0.25) is 0 Å². The summed E-state index contributed by atoms with van der Waals surface area (Å²) in [4.78, 5) is 16.8. The largest absolute Gasteiger partial charge is 0.507 e. The van der Waals surface area contributed by atoms with Crippen LogP contribution in [-0.2, 0) is 11.3 Å². The fourth-order valence-corrected chi connectivity index (χ4v) is 4.64. The Morgan fingerprint density at radius 3 is 2.47 bits per heavy atom. The van der Waals surface area contributed by atoms with Crippen LogP contribution in [0.5, 0.6) is 5.75 Å². The number of phenolic OH excluding ortho intramolecular Hbond substituents is 1. The number of H-pyrrole nitrogens is 1. The second-order valence-corrected chi connectivity index (χ2v) is 9.14. The number of aromatic amines is 1. The number of aryl methyl sites for hydroxylation is 2. The van der Waals surface area contributed by atoms with Gasteiger partial charge in [-0.15, -0.1) is 0 Å². The highest BCUT2D eigenvalue weighted by Gasteiger charge is 2.26. The summed E-state index contributed by atoms with van der Waals surface area (Å²) in [6, 6.07) is 7.72. The van der Waals surface area contributed by atoms with Gasteiger partial charge in [0.05, 0.1) is 24.1 Å². The SMILES string of the molecule is Cc1cc(CNc2[nH]nc(Nc3ccc(C4CC(C)OC(C)C4)nc3)c2C(N)=O)cc(C)c1O. The molecule has 3 aromatic rings. The van der Waals surface area contributed by atoms with Gasteiger partial charge < -0.3 is 26.2 Å². The molecule has 180 valence electrons. The molecule has 2 atom stereocenters. The Morgan fingerprint density at radius 1 is 1.21 bits per heavy atom. The number of carbonyl (C=O) groups is 1. The molecular formula is C25H32N6O3. The second kappa shape index (κ2) is 9.72. The molecule has 9 heteroatoms. The maximum Gasteiger partial charge on any atom is 0.256 e. The lowest BCUT2D eigenvalue weighted by Gasteiger charge is -2.31. The topological polar surface area (TPSA) is 138 Å². The number of rotatable bonds is 7. The van der Waals surface area contributed by atoms with Crippen LogP contribution < -0.4 is 16.4 Å². The number of anilines is 3. The first kappa shape index (κ1) is 23.6. The van der Waals surface area contributed by atoms with Gasteiger partial charge in [-0.1, -0.05) is 12.1 Å². The van der Waals surface area contributed by atoms with Gasteiger partial charge in [0.15, 0.2) is 5.82 Å². The van der Waals surface area contributed by atoms with E-state index in [2.05, 4.69) is 39.7 Å². The van der Waals surface area contributed by atoms with Gasteiger partial charge in [0, 0.05) is 18.2 Å². The third-order valence-corrected chi connectivity index (χ3v) is 6.20. The second-order valence-electron chi connectivity index (χ2n) is 9.14. The van der Waals surface area contributed by atoms with Gasteiger partial charge in [0.1, 0.15) is 17.1 Å². The lowest BCUT2D eigenvalue weighted by molar-refractivity contribution is -0.0385. The summed E-state index contributed by atoms with van der Waals surface area (Å²) in [5, 5.41) is 23.4. The Bertz CT molecular complexity index is 1140. The summed E-state index contributed by atoms with van der Waals surface area (Å²) < 4.78 is 5.83. The quantitative estimate of drug-likeness (QED) is 0.352. The molecule has 0 spiro atoms. The molecule has 2 unspecified atom stereocenters. The number of nitrogens with one attached hydrogen (secondary N) is 3. The van der Waals surface area contributed by atoms with Crippen molar-refractivity contribution in [2.24, 2.45) is 5.73 Å². The van der Waals surface area contributed by atoms with E-state index in [1.807, 2.05) is 38.1 Å². The Hall–Kier alpha value is -3.59. The molecule has 0 radical (unpaired) electrons. The van der Waals surface area contributed by atoms with Crippen LogP contribution in [0.2, 0.25) is 0 Å². The molecule has 0 bridgehead atoms. The Balaban J connectivity index is 1.47. The molecule has 9 nitrogen and oxygen atoms in total. The van der Waals surface area contributed by atoms with E-state index in [0.29, 0.717) is 29.8 Å². The smallest absolute Gasteiger partial charge is 0.256 e. The molecule has 0 saturated carbocycles. The fourth-order valence-electron chi connectivity index (χ4n) is 4.64. The lowest BCUT2D eigenvalue weighted by atomic mass is 9.89. The van der Waals surface area contributed by atoms with Gasteiger partial charge in [-0.2, -0.15) is 5.10 Å². The predicted octanol–water partition coefficient (Wildman–Crippen LogP) is 4.25. The number of benzene rings is 1. The van der Waals surface area contributed by atoms with Crippen LogP contribution in [0.15, 0.2) is 30.5 Å². The molecule has 1 fully saturated rings. The summed E-state index contributed by atoms with van der Waals surface area (Å²) in [5.74, 6) is 0.799. The number of phenols is 1. The van der Waals surface area contributed by atoms with Gasteiger partial charge in [0.25, 0.3) is 5.91 Å². The van der Waals surface area contributed by atoms with Crippen molar-refractivity contribution >= 4 is 23.2 Å². The number of nitrogens with two attached hydrogens (primary N) is 1. The minimum atomic E-state index is -0.605. The van der Waals surface area contributed by atoms with Gasteiger partial charge >= 0.3 is 0 Å². The summed E-state index contributed by atoms with van der Waals surface area (Å²) in [6.07, 6.45) is 4.08. The average Bonchev–Trinajstić information content (AvgIpc) is 3.18. The third kappa shape index (κ3) is 5.14. The van der Waals surface area contributed by atoms with Crippen LogP contribution >= 0.6 is 0 Å². The van der Waals surface area contributed by atoms with E-state index in [0.717, 1.165) is 35.2 Å². The van der Waals surface area contributed by atoms with Crippen LogP contribution in [0, 0.1) is 13.8 Å². The first-order valence-electron chi connectivity index (χ1n) is 11.5. The minimum absolute atomic E-state index is 0.218. The zero-order chi connectivity index (χ0) is 24.4. The molecular weight excluding hydrogens is 432 g/mol. The van der Waals surface area contributed by atoms with Crippen molar-refractivity contribution in [3.8, 4) is 5.75 Å². The number of primary amides is 1. The van der Waals surface area contributed by atoms with Gasteiger partial charge in [-0.25, -0.2) is 0 Å². The molecule has 34 heavy (non-hydrogen) atoms. The van der Waals surface area contributed by atoms with E-state index in [9.17, 15) is 9.90 Å². The van der Waals surface area contributed by atoms with Gasteiger partial charge in [-0.3, -0.25) is 14.9 Å². The number of pyridine rings is 1. The van der Waals surface area contributed by atoms with Crippen LogP contribution in [0.25, 0.3) is 0 Å². The lowest BCUT2D eigenvalue weighted by Crippen LogP contribution is -2.28. The number of nitrogens with zero attached hydrogens (tertiary/aromatic N) is 2. The Labute approximate surface area is 199 Å². The minimum Gasteiger partial charge on any atom is -0.507 e. The Morgan fingerprint density at radius 2 is 1.88 bits per heavy atom. The van der Waals surface area contributed by atoms with E-state index in [1.165, 1.54) is 0 Å². The molecule has 1 aliphatic rings. The highest BCUT2D eigenvalue weighted by Crippen LogP contribution is 2.33. The van der Waals surface area contributed by atoms with Crippen molar-refractivity contribution in [3.05, 3.63) is 58.4 Å². The molecule has 1 amide bonds. The maximum absolute atomic E-state index is 12.2. The van der Waals surface area contributed by atoms with E-state index >= 15 is 0 Å². The summed E-state index contributed by atoms with van der Waals surface area (Å²) in [6.45, 7) is 8.32.